The maximum absolute atomic E-state index is 13.1. The normalized spacial score (nSPS) is 14.6. The van der Waals surface area contributed by atoms with Gasteiger partial charge in [-0.05, 0) is 135 Å². The minimum absolute atomic E-state index is 0.0678. The predicted octanol–water partition coefficient (Wildman–Crippen LogP) is 22.9. The van der Waals surface area contributed by atoms with E-state index < -0.39 is 97.5 Å². The van der Waals surface area contributed by atoms with Gasteiger partial charge in [0.15, 0.2) is 12.2 Å². The van der Waals surface area contributed by atoms with E-state index in [0.29, 0.717) is 25.7 Å². The third-order valence-corrected chi connectivity index (χ3v) is 18.0. The van der Waals surface area contributed by atoms with Crippen molar-refractivity contribution in [1.29, 1.82) is 0 Å². The highest BCUT2D eigenvalue weighted by Gasteiger charge is 2.30. The first kappa shape index (κ1) is 97.2. The molecule has 0 aromatic rings. The number of ether oxygens (including phenoxy) is 4. The van der Waals surface area contributed by atoms with Gasteiger partial charge in [0, 0.05) is 25.7 Å². The van der Waals surface area contributed by atoms with Crippen LogP contribution in [0.5, 0.6) is 0 Å². The molecule has 0 rings (SSSR count). The van der Waals surface area contributed by atoms with E-state index in [2.05, 4.69) is 161 Å². The fourth-order valence-electron chi connectivity index (χ4n) is 10.2. The first-order chi connectivity index (χ1) is 49.7. The summed E-state index contributed by atoms with van der Waals surface area (Å²) in [7, 11) is -9.98. The molecular weight excluding hydrogens is 1330 g/mol. The number of unbranched alkanes of at least 4 members (excludes halogenated alkanes) is 25. The number of esters is 4. The zero-order valence-corrected chi connectivity index (χ0v) is 65.5. The number of rotatable bonds is 73. The number of phosphoric acid groups is 2. The summed E-state index contributed by atoms with van der Waals surface area (Å²) in [6, 6.07) is 0. The standard InChI is InChI=1S/C83H140O17P2/c1-5-9-13-17-21-25-29-33-35-37-38-40-42-46-48-52-56-60-64-68-81(86)94-74-79(100-83(88)70-66-62-58-54-50-44-32-28-24-20-16-12-8-4)76-98-102(91,92)96-72-77(84)71-95-101(89,90)97-75-78(99-82(87)69-65-61-57-53-49-43-31-27-23-19-15-11-7-3)73-93-80(85)67-63-59-55-51-47-45-41-39-36-34-30-26-22-18-14-10-6-2/h9-10,13-14,16,20-22,25-26,28,32-36,38,40-41,45-46,48,77-79,84H,5-8,11-12,15,17-19,23-24,27,29-31,37,39,42-44,47,49-76H2,1-4H3,(H,89,90)(H,91,92)/b13-9-,14-10-,20-16-,25-21-,26-22-,32-28-,35-33-,36-34-,40-38-,45-41-,48-46-. The van der Waals surface area contributed by atoms with Gasteiger partial charge in [-0.1, -0.05) is 283 Å². The van der Waals surface area contributed by atoms with Crippen LogP contribution in [0.3, 0.4) is 0 Å². The summed E-state index contributed by atoms with van der Waals surface area (Å²) < 4.78 is 68.5. The van der Waals surface area contributed by atoms with Crippen molar-refractivity contribution < 1.29 is 80.2 Å². The van der Waals surface area contributed by atoms with Crippen molar-refractivity contribution in [2.24, 2.45) is 0 Å². The maximum Gasteiger partial charge on any atom is 0.472 e. The Labute approximate surface area is 618 Å². The van der Waals surface area contributed by atoms with Crippen LogP contribution in [0.1, 0.15) is 310 Å². The molecule has 19 heteroatoms. The molecule has 0 aromatic heterocycles. The molecule has 0 bridgehead atoms. The first-order valence-electron chi connectivity index (χ1n) is 39.4. The molecule has 5 unspecified atom stereocenters. The van der Waals surface area contributed by atoms with Gasteiger partial charge < -0.3 is 33.8 Å². The van der Waals surface area contributed by atoms with Crippen molar-refractivity contribution >= 4 is 39.5 Å². The van der Waals surface area contributed by atoms with Crippen molar-refractivity contribution in [2.45, 2.75) is 329 Å². The van der Waals surface area contributed by atoms with E-state index in [4.69, 9.17) is 37.0 Å². The Morgan fingerprint density at radius 3 is 0.833 bits per heavy atom. The van der Waals surface area contributed by atoms with Gasteiger partial charge in [-0.3, -0.25) is 37.3 Å². The number of phosphoric ester groups is 2. The summed E-state index contributed by atoms with van der Waals surface area (Å²) in [6.45, 7) is 4.51. The van der Waals surface area contributed by atoms with Gasteiger partial charge >= 0.3 is 39.5 Å². The lowest BCUT2D eigenvalue weighted by atomic mass is 10.0. The Morgan fingerprint density at radius 2 is 0.529 bits per heavy atom. The Kier molecular flexibility index (Phi) is 71.0. The van der Waals surface area contributed by atoms with Gasteiger partial charge in [0.25, 0.3) is 0 Å². The molecule has 0 radical (unpaired) electrons. The summed E-state index contributed by atoms with van der Waals surface area (Å²) in [4.78, 5) is 73.0. The number of aliphatic hydroxyl groups excluding tert-OH is 1. The summed E-state index contributed by atoms with van der Waals surface area (Å²) in [5, 5.41) is 10.6. The first-order valence-corrected chi connectivity index (χ1v) is 42.4. The molecule has 584 valence electrons. The van der Waals surface area contributed by atoms with Gasteiger partial charge in [0.1, 0.15) is 19.3 Å². The van der Waals surface area contributed by atoms with Gasteiger partial charge in [-0.15, -0.1) is 0 Å². The minimum atomic E-state index is -4.99. The Balaban J connectivity index is 5.39. The highest BCUT2D eigenvalue weighted by atomic mass is 31.2. The second-order valence-corrected chi connectivity index (χ2v) is 28.8. The lowest BCUT2D eigenvalue weighted by molar-refractivity contribution is -0.161. The van der Waals surface area contributed by atoms with Crippen LogP contribution in [-0.4, -0.2) is 96.7 Å². The quantitative estimate of drug-likeness (QED) is 0.0169. The van der Waals surface area contributed by atoms with Crippen molar-refractivity contribution in [3.05, 3.63) is 134 Å². The molecule has 102 heavy (non-hydrogen) atoms. The Morgan fingerprint density at radius 1 is 0.284 bits per heavy atom. The van der Waals surface area contributed by atoms with Gasteiger partial charge in [0.2, 0.25) is 0 Å². The SMILES string of the molecule is CC/C=C\C/C=C\C/C=C\C/C=C\C/C=C\CCCCCC(=O)OCC(COP(=O)(O)OCC(O)COP(=O)(O)OCC(COC(=O)CCCCCC/C=C\C/C=C\C/C=C\C/C=C\CC)OC(=O)CCCCCCCCCCCCCCC)OC(=O)CCCCCCC/C=C\C/C=C\CCC. The number of hydrogen-bond donors (Lipinski definition) is 3. The van der Waals surface area contributed by atoms with Crippen molar-refractivity contribution in [3.8, 4) is 0 Å². The van der Waals surface area contributed by atoms with E-state index in [1.165, 1.54) is 51.4 Å². The lowest BCUT2D eigenvalue weighted by Crippen LogP contribution is -2.30. The summed E-state index contributed by atoms with van der Waals surface area (Å²) in [5.41, 5.74) is 0. The van der Waals surface area contributed by atoms with Gasteiger partial charge in [-0.25, -0.2) is 9.13 Å². The molecule has 0 saturated carbocycles. The van der Waals surface area contributed by atoms with E-state index in [0.717, 1.165) is 180 Å². The average molecular weight is 1470 g/mol. The van der Waals surface area contributed by atoms with E-state index in [1.807, 2.05) is 0 Å². The Bertz CT molecular complexity index is 2460. The third-order valence-electron chi connectivity index (χ3n) is 16.1. The number of carbonyl (C=O) groups is 4. The zero-order valence-electron chi connectivity index (χ0n) is 63.7. The van der Waals surface area contributed by atoms with Crippen molar-refractivity contribution in [1.82, 2.24) is 0 Å². The highest BCUT2D eigenvalue weighted by molar-refractivity contribution is 7.47. The lowest BCUT2D eigenvalue weighted by Gasteiger charge is -2.21. The second kappa shape index (κ2) is 74.5. The van der Waals surface area contributed by atoms with E-state index >= 15 is 0 Å². The predicted molar refractivity (Wildman–Crippen MR) is 418 cm³/mol. The number of carbonyl (C=O) groups excluding carboxylic acids is 4. The number of hydrogen-bond acceptors (Lipinski definition) is 15. The summed E-state index contributed by atoms with van der Waals surface area (Å²) in [6.07, 6.45) is 82.9. The largest absolute Gasteiger partial charge is 0.472 e. The molecule has 5 atom stereocenters. The maximum atomic E-state index is 13.1. The van der Waals surface area contributed by atoms with Crippen LogP contribution in [0.25, 0.3) is 0 Å². The monoisotopic (exact) mass is 1470 g/mol. The summed E-state index contributed by atoms with van der Waals surface area (Å²) in [5.74, 6) is -2.25. The topological polar surface area (TPSA) is 237 Å². The molecule has 17 nitrogen and oxygen atoms in total. The molecule has 0 fully saturated rings. The molecule has 0 saturated heterocycles. The average Bonchev–Trinajstić information content (AvgIpc) is 0.909. The highest BCUT2D eigenvalue weighted by Crippen LogP contribution is 2.45. The summed E-state index contributed by atoms with van der Waals surface area (Å²) >= 11 is 0. The van der Waals surface area contributed by atoms with Crippen LogP contribution < -0.4 is 0 Å². The van der Waals surface area contributed by atoms with Crippen LogP contribution in [0, 0.1) is 0 Å². The molecule has 0 aliphatic rings. The number of allylic oxidation sites excluding steroid dienone is 22. The van der Waals surface area contributed by atoms with E-state index in [9.17, 15) is 43.2 Å². The smallest absolute Gasteiger partial charge is 0.462 e. The molecular formula is C83H140O17P2. The fourth-order valence-corrected chi connectivity index (χ4v) is 11.7. The molecule has 0 aromatic carbocycles. The van der Waals surface area contributed by atoms with Crippen LogP contribution in [0.15, 0.2) is 134 Å². The van der Waals surface area contributed by atoms with Crippen molar-refractivity contribution in [2.75, 3.05) is 39.6 Å². The molecule has 3 N–H and O–H groups in total. The van der Waals surface area contributed by atoms with Crippen LogP contribution in [0.4, 0.5) is 0 Å². The Hall–Kier alpha value is -4.80. The second-order valence-electron chi connectivity index (χ2n) is 25.9. The zero-order chi connectivity index (χ0) is 74.6. The van der Waals surface area contributed by atoms with Crippen LogP contribution >= 0.6 is 15.6 Å². The minimum Gasteiger partial charge on any atom is -0.462 e. The molecule has 0 spiro atoms. The van der Waals surface area contributed by atoms with E-state index in [1.54, 1.807) is 0 Å². The third kappa shape index (κ3) is 73.5. The van der Waals surface area contributed by atoms with Crippen LogP contribution in [0.2, 0.25) is 0 Å². The van der Waals surface area contributed by atoms with Gasteiger partial charge in [-0.2, -0.15) is 0 Å². The fraction of sp³-hybridized carbons (Fsp3) is 0.687. The molecule has 0 aliphatic heterocycles. The van der Waals surface area contributed by atoms with E-state index in [-0.39, 0.29) is 25.7 Å². The van der Waals surface area contributed by atoms with Crippen LogP contribution in [-0.2, 0) is 65.4 Å². The molecule has 0 heterocycles. The number of aliphatic hydroxyl groups is 1. The van der Waals surface area contributed by atoms with Gasteiger partial charge in [0.05, 0.1) is 26.4 Å². The molecule has 0 amide bonds. The van der Waals surface area contributed by atoms with Crippen molar-refractivity contribution in [3.63, 3.8) is 0 Å². The molecule has 0 aliphatic carbocycles.